The van der Waals surface area contributed by atoms with Crippen molar-refractivity contribution in [2.75, 3.05) is 13.2 Å². The first-order valence-electron chi connectivity index (χ1n) is 8.40. The molecule has 0 saturated carbocycles. The van der Waals surface area contributed by atoms with E-state index in [-0.39, 0.29) is 28.4 Å². The summed E-state index contributed by atoms with van der Waals surface area (Å²) >= 11 is 0. The molecule has 1 aliphatic rings. The van der Waals surface area contributed by atoms with Gasteiger partial charge in [-0.15, -0.1) is 0 Å². The highest BCUT2D eigenvalue weighted by atomic mass is 16.5. The summed E-state index contributed by atoms with van der Waals surface area (Å²) in [6, 6.07) is 10.0. The largest absolute Gasteiger partial charge is 0.507 e. The fraction of sp³-hybridized carbons (Fsp3) is 0.300. The lowest BCUT2D eigenvalue weighted by atomic mass is 9.83. The van der Waals surface area contributed by atoms with Crippen molar-refractivity contribution in [3.8, 4) is 11.5 Å². The molecule has 2 aromatic carbocycles. The molecule has 0 aromatic heterocycles. The van der Waals surface area contributed by atoms with E-state index in [0.29, 0.717) is 29.5 Å². The molecule has 0 aliphatic heterocycles. The molecule has 1 aliphatic carbocycles. The Labute approximate surface area is 146 Å². The number of ketones is 2. The fourth-order valence-corrected chi connectivity index (χ4v) is 2.91. The van der Waals surface area contributed by atoms with Gasteiger partial charge in [-0.1, -0.05) is 38.1 Å². The molecule has 0 radical (unpaired) electrons. The minimum atomic E-state index is -0.338. The number of carbonyl (C=O) groups is 2. The highest BCUT2D eigenvalue weighted by molar-refractivity contribution is 6.29. The lowest BCUT2D eigenvalue weighted by molar-refractivity contribution is 0.0976. The molecule has 0 bridgehead atoms. The Morgan fingerprint density at radius 3 is 2.40 bits per heavy atom. The van der Waals surface area contributed by atoms with E-state index >= 15 is 0 Å². The maximum atomic E-state index is 12.7. The number of rotatable bonds is 6. The van der Waals surface area contributed by atoms with Crippen molar-refractivity contribution in [3.05, 3.63) is 58.7 Å². The summed E-state index contributed by atoms with van der Waals surface area (Å²) < 4.78 is 5.64. The maximum absolute atomic E-state index is 12.7. The van der Waals surface area contributed by atoms with Crippen LogP contribution in [0.3, 0.4) is 0 Å². The second-order valence-corrected chi connectivity index (χ2v) is 6.38. The van der Waals surface area contributed by atoms with Crippen LogP contribution in [-0.4, -0.2) is 35.9 Å². The number of phenols is 1. The molecule has 0 saturated heterocycles. The third-order valence-corrected chi connectivity index (χ3v) is 4.12. The van der Waals surface area contributed by atoms with E-state index in [9.17, 15) is 14.7 Å². The standard InChI is InChI=1S/C20H21NO4/c1-12(2)21-8-5-9-25-13-10-16-18(17(22)11-13)20(24)15-7-4-3-6-14(15)19(16)23/h3-4,6-7,10-12,21-22H,5,8-9H2,1-2H3. The van der Waals surface area contributed by atoms with Gasteiger partial charge in [-0.25, -0.2) is 0 Å². The molecule has 2 N–H and O–H groups in total. The second kappa shape index (κ2) is 7.07. The number of fused-ring (bicyclic) bond motifs is 2. The van der Waals surface area contributed by atoms with Gasteiger partial charge in [-0.3, -0.25) is 9.59 Å². The monoisotopic (exact) mass is 339 g/mol. The normalized spacial score (nSPS) is 12.9. The number of hydrogen-bond acceptors (Lipinski definition) is 5. The van der Waals surface area contributed by atoms with Crippen LogP contribution in [0.2, 0.25) is 0 Å². The van der Waals surface area contributed by atoms with E-state index in [1.807, 2.05) is 0 Å². The topological polar surface area (TPSA) is 75.6 Å². The molecule has 0 spiro atoms. The summed E-state index contributed by atoms with van der Waals surface area (Å²) in [5.74, 6) is -0.440. The first-order chi connectivity index (χ1) is 12.0. The van der Waals surface area contributed by atoms with Crippen LogP contribution >= 0.6 is 0 Å². The summed E-state index contributed by atoms with van der Waals surface area (Å²) in [5.41, 5.74) is 0.929. The van der Waals surface area contributed by atoms with Gasteiger partial charge in [0.1, 0.15) is 11.5 Å². The van der Waals surface area contributed by atoms with Crippen molar-refractivity contribution in [1.82, 2.24) is 5.32 Å². The van der Waals surface area contributed by atoms with Crippen LogP contribution in [0.5, 0.6) is 11.5 Å². The van der Waals surface area contributed by atoms with E-state index in [4.69, 9.17) is 4.74 Å². The Kier molecular flexibility index (Phi) is 4.86. The third kappa shape index (κ3) is 3.42. The summed E-state index contributed by atoms with van der Waals surface area (Å²) in [4.78, 5) is 25.3. The molecule has 0 fully saturated rings. The van der Waals surface area contributed by atoms with Gasteiger partial charge in [0.15, 0.2) is 11.6 Å². The number of phenolic OH excluding ortho intramolecular Hbond substituents is 1. The highest BCUT2D eigenvalue weighted by Crippen LogP contribution is 2.35. The number of benzene rings is 2. The quantitative estimate of drug-likeness (QED) is 0.675. The van der Waals surface area contributed by atoms with Crippen molar-refractivity contribution in [2.24, 2.45) is 0 Å². The molecule has 0 atom stereocenters. The third-order valence-electron chi connectivity index (χ3n) is 4.12. The first kappa shape index (κ1) is 17.2. The lowest BCUT2D eigenvalue weighted by Gasteiger charge is -2.19. The van der Waals surface area contributed by atoms with Gasteiger partial charge in [0.25, 0.3) is 0 Å². The van der Waals surface area contributed by atoms with Crippen molar-refractivity contribution < 1.29 is 19.4 Å². The van der Waals surface area contributed by atoms with Crippen LogP contribution in [0.15, 0.2) is 36.4 Å². The van der Waals surface area contributed by atoms with E-state index in [2.05, 4.69) is 19.2 Å². The first-order valence-corrected chi connectivity index (χ1v) is 8.40. The number of aromatic hydroxyl groups is 1. The minimum absolute atomic E-state index is 0.0533. The van der Waals surface area contributed by atoms with Crippen LogP contribution in [0.4, 0.5) is 0 Å². The van der Waals surface area contributed by atoms with E-state index in [1.54, 1.807) is 30.3 Å². The maximum Gasteiger partial charge on any atom is 0.198 e. The highest BCUT2D eigenvalue weighted by Gasteiger charge is 2.32. The van der Waals surface area contributed by atoms with Crippen LogP contribution in [-0.2, 0) is 0 Å². The van der Waals surface area contributed by atoms with Crippen LogP contribution in [0.1, 0.15) is 52.1 Å². The molecule has 25 heavy (non-hydrogen) atoms. The van der Waals surface area contributed by atoms with Crippen molar-refractivity contribution in [2.45, 2.75) is 26.3 Å². The molecule has 0 unspecified atom stereocenters. The van der Waals surface area contributed by atoms with Gasteiger partial charge in [-0.2, -0.15) is 0 Å². The Hall–Kier alpha value is -2.66. The molecule has 3 rings (SSSR count). The fourth-order valence-electron chi connectivity index (χ4n) is 2.91. The average molecular weight is 339 g/mol. The van der Waals surface area contributed by atoms with Crippen molar-refractivity contribution in [3.63, 3.8) is 0 Å². The number of carbonyl (C=O) groups excluding carboxylic acids is 2. The Balaban J connectivity index is 1.81. The summed E-state index contributed by atoms with van der Waals surface area (Å²) in [5, 5.41) is 13.5. The Morgan fingerprint density at radius 1 is 1.04 bits per heavy atom. The molecule has 0 heterocycles. The zero-order chi connectivity index (χ0) is 18.0. The van der Waals surface area contributed by atoms with Gasteiger partial charge in [0, 0.05) is 28.8 Å². The van der Waals surface area contributed by atoms with Crippen molar-refractivity contribution in [1.29, 1.82) is 0 Å². The number of ether oxygens (including phenoxy) is 1. The van der Waals surface area contributed by atoms with Gasteiger partial charge >= 0.3 is 0 Å². The van der Waals surface area contributed by atoms with Gasteiger partial charge in [0.2, 0.25) is 0 Å². The second-order valence-electron chi connectivity index (χ2n) is 6.38. The predicted octanol–water partition coefficient (Wildman–Crippen LogP) is 2.93. The van der Waals surface area contributed by atoms with E-state index in [0.717, 1.165) is 13.0 Å². The van der Waals surface area contributed by atoms with Crippen LogP contribution in [0.25, 0.3) is 0 Å². The average Bonchev–Trinajstić information content (AvgIpc) is 2.58. The van der Waals surface area contributed by atoms with E-state index in [1.165, 1.54) is 6.07 Å². The number of nitrogens with one attached hydrogen (secondary N) is 1. The zero-order valence-corrected chi connectivity index (χ0v) is 14.3. The SMILES string of the molecule is CC(C)NCCCOc1cc(O)c2c(c1)C(=O)c1ccccc1C2=O. The minimum Gasteiger partial charge on any atom is -0.507 e. The molecule has 5 nitrogen and oxygen atoms in total. The zero-order valence-electron chi connectivity index (χ0n) is 14.3. The van der Waals surface area contributed by atoms with Gasteiger partial charge < -0.3 is 15.2 Å². The Bertz CT molecular complexity index is 826. The summed E-state index contributed by atoms with van der Waals surface area (Å²) in [6.45, 7) is 5.42. The van der Waals surface area contributed by atoms with Crippen LogP contribution < -0.4 is 10.1 Å². The lowest BCUT2D eigenvalue weighted by Crippen LogP contribution is -2.25. The molecule has 5 heteroatoms. The number of hydrogen-bond donors (Lipinski definition) is 2. The molecule has 2 aromatic rings. The van der Waals surface area contributed by atoms with Crippen molar-refractivity contribution >= 4 is 11.6 Å². The van der Waals surface area contributed by atoms with E-state index < -0.39 is 0 Å². The Morgan fingerprint density at radius 2 is 1.72 bits per heavy atom. The smallest absolute Gasteiger partial charge is 0.198 e. The summed E-state index contributed by atoms with van der Waals surface area (Å²) in [6.07, 6.45) is 0.797. The predicted molar refractivity (Wildman–Crippen MR) is 94.7 cm³/mol. The molecule has 0 amide bonds. The molecular weight excluding hydrogens is 318 g/mol. The molecular formula is C20H21NO4. The van der Waals surface area contributed by atoms with Crippen LogP contribution in [0, 0.1) is 0 Å². The summed E-state index contributed by atoms with van der Waals surface area (Å²) in [7, 11) is 0. The van der Waals surface area contributed by atoms with Gasteiger partial charge in [-0.05, 0) is 19.0 Å². The molecule has 130 valence electrons. The van der Waals surface area contributed by atoms with Gasteiger partial charge in [0.05, 0.1) is 12.2 Å².